The van der Waals surface area contributed by atoms with Crippen molar-refractivity contribution in [1.29, 1.82) is 0 Å². The fourth-order valence-electron chi connectivity index (χ4n) is 8.27. The van der Waals surface area contributed by atoms with Gasteiger partial charge in [-0.3, -0.25) is 9.59 Å². The van der Waals surface area contributed by atoms with E-state index in [2.05, 4.69) is 20.8 Å². The molecule has 0 saturated heterocycles. The Bertz CT molecular complexity index is 709. The smallest absolute Gasteiger partial charge is 0.155 e. The highest BCUT2D eigenvalue weighted by molar-refractivity contribution is 5.91. The molecular weight excluding hydrogens is 360 g/mol. The van der Waals surface area contributed by atoms with Gasteiger partial charge in [-0.05, 0) is 91.4 Å². The minimum atomic E-state index is -0.300. The first kappa shape index (κ1) is 21.3. The zero-order chi connectivity index (χ0) is 21.0. The Balaban J connectivity index is 1.56. The minimum absolute atomic E-state index is 0.108. The number of aliphatic hydroxyl groups excluding tert-OH is 1. The van der Waals surface area contributed by atoms with E-state index in [4.69, 9.17) is 0 Å². The van der Waals surface area contributed by atoms with E-state index >= 15 is 0 Å². The summed E-state index contributed by atoms with van der Waals surface area (Å²) in [5, 5.41) is 11.2. The summed E-state index contributed by atoms with van der Waals surface area (Å²) in [6, 6.07) is 0. The van der Waals surface area contributed by atoms with Gasteiger partial charge >= 0.3 is 0 Å². The zero-order valence-electron chi connectivity index (χ0n) is 18.9. The van der Waals surface area contributed by atoms with Gasteiger partial charge in [0.15, 0.2) is 5.78 Å². The van der Waals surface area contributed by atoms with Gasteiger partial charge in [-0.1, -0.05) is 33.3 Å². The fourth-order valence-corrected chi connectivity index (χ4v) is 8.27. The van der Waals surface area contributed by atoms with E-state index in [1.54, 1.807) is 0 Å². The predicted octanol–water partition coefficient (Wildman–Crippen LogP) is 5.50. The summed E-state index contributed by atoms with van der Waals surface area (Å²) in [5.74, 6) is 3.36. The molecule has 0 spiro atoms. The van der Waals surface area contributed by atoms with Crippen molar-refractivity contribution >= 4 is 11.6 Å². The molecule has 8 atom stereocenters. The van der Waals surface area contributed by atoms with Crippen LogP contribution in [0.25, 0.3) is 0 Å². The highest BCUT2D eigenvalue weighted by Gasteiger charge is 2.61. The lowest BCUT2D eigenvalue weighted by atomic mass is 9.45. The second kappa shape index (κ2) is 7.62. The van der Waals surface area contributed by atoms with Gasteiger partial charge in [-0.15, -0.1) is 0 Å². The number of hydrogen-bond donors (Lipinski definition) is 1. The normalized spacial score (nSPS) is 45.1. The standard InChI is InChI=1S/C26H40O3/c1-5-18(27)7-6-16(2)20-8-9-21-24-22(11-13-26(20,21)4)25(3)12-10-19(28)14-17(25)15-23(24)29/h14,16,20-24,29H,5-13,15H2,1-4H3/t16-,20-,21+,22+,23-,24+,25+,26-/m1/s1. The largest absolute Gasteiger partial charge is 0.392 e. The number of ketones is 2. The van der Waals surface area contributed by atoms with Crippen LogP contribution in [0.15, 0.2) is 11.6 Å². The van der Waals surface area contributed by atoms with E-state index in [9.17, 15) is 14.7 Å². The average Bonchev–Trinajstić information content (AvgIpc) is 3.04. The Hall–Kier alpha value is -0.960. The summed E-state index contributed by atoms with van der Waals surface area (Å²) in [4.78, 5) is 23.9. The van der Waals surface area contributed by atoms with Crippen molar-refractivity contribution in [1.82, 2.24) is 0 Å². The molecule has 0 amide bonds. The maximum Gasteiger partial charge on any atom is 0.155 e. The molecule has 0 aromatic heterocycles. The number of rotatable bonds is 5. The van der Waals surface area contributed by atoms with Crippen LogP contribution in [0.4, 0.5) is 0 Å². The van der Waals surface area contributed by atoms with Crippen LogP contribution in [-0.2, 0) is 9.59 Å². The second-order valence-corrected chi connectivity index (χ2v) is 11.3. The maximum atomic E-state index is 12.0. The third kappa shape index (κ3) is 3.36. The van der Waals surface area contributed by atoms with E-state index in [0.717, 1.165) is 19.3 Å². The lowest BCUT2D eigenvalue weighted by Crippen LogP contribution is -2.55. The third-order valence-electron chi connectivity index (χ3n) is 10.0. The van der Waals surface area contributed by atoms with Gasteiger partial charge in [-0.2, -0.15) is 0 Å². The Labute approximate surface area is 176 Å². The van der Waals surface area contributed by atoms with Gasteiger partial charge in [0.25, 0.3) is 0 Å². The van der Waals surface area contributed by atoms with Gasteiger partial charge in [0.2, 0.25) is 0 Å². The van der Waals surface area contributed by atoms with Crippen molar-refractivity contribution in [3.05, 3.63) is 11.6 Å². The molecular formula is C26H40O3. The SMILES string of the molecule is CCC(=O)CC[C@@H](C)[C@H]1CC[C@H]2[C@@H]3[C@H](O)CC4=CC(=O)CC[C@]4(C)[C@H]3CC[C@]12C. The van der Waals surface area contributed by atoms with E-state index in [1.165, 1.54) is 31.3 Å². The molecule has 0 radical (unpaired) electrons. The van der Waals surface area contributed by atoms with Crippen molar-refractivity contribution in [3.63, 3.8) is 0 Å². The first-order valence-corrected chi connectivity index (χ1v) is 12.1. The number of Topliss-reactive ketones (excluding diaryl/α,β-unsaturated/α-hetero) is 1. The van der Waals surface area contributed by atoms with Crippen molar-refractivity contribution < 1.29 is 14.7 Å². The molecule has 29 heavy (non-hydrogen) atoms. The molecule has 3 fully saturated rings. The molecule has 4 rings (SSSR count). The van der Waals surface area contributed by atoms with E-state index in [0.29, 0.717) is 60.1 Å². The Kier molecular flexibility index (Phi) is 5.59. The molecule has 3 nitrogen and oxygen atoms in total. The summed E-state index contributed by atoms with van der Waals surface area (Å²) in [5.41, 5.74) is 1.63. The van der Waals surface area contributed by atoms with Gasteiger partial charge in [0.05, 0.1) is 6.10 Å². The Morgan fingerprint density at radius 1 is 1.21 bits per heavy atom. The fraction of sp³-hybridized carbons (Fsp3) is 0.846. The summed E-state index contributed by atoms with van der Waals surface area (Å²) < 4.78 is 0. The average molecular weight is 401 g/mol. The van der Waals surface area contributed by atoms with Crippen LogP contribution in [-0.4, -0.2) is 22.8 Å². The van der Waals surface area contributed by atoms with Crippen molar-refractivity contribution in [2.45, 2.75) is 98.0 Å². The molecule has 4 aliphatic rings. The quantitative estimate of drug-likeness (QED) is 0.663. The number of carbonyl (C=O) groups excluding carboxylic acids is 2. The van der Waals surface area contributed by atoms with Crippen LogP contribution in [0.3, 0.4) is 0 Å². The molecule has 3 heteroatoms. The summed E-state index contributed by atoms with van der Waals surface area (Å²) >= 11 is 0. The Morgan fingerprint density at radius 2 is 1.97 bits per heavy atom. The molecule has 0 bridgehead atoms. The third-order valence-corrected chi connectivity index (χ3v) is 10.0. The molecule has 0 aliphatic heterocycles. The van der Waals surface area contributed by atoms with Crippen LogP contribution >= 0.6 is 0 Å². The summed E-state index contributed by atoms with van der Waals surface area (Å²) in [6.07, 6.45) is 11.2. The number of carbonyl (C=O) groups is 2. The molecule has 0 aromatic rings. The van der Waals surface area contributed by atoms with Crippen molar-refractivity contribution in [2.75, 3.05) is 0 Å². The molecule has 1 N–H and O–H groups in total. The van der Waals surface area contributed by atoms with Crippen LogP contribution in [0, 0.1) is 40.4 Å². The molecule has 0 aromatic carbocycles. The van der Waals surface area contributed by atoms with Crippen molar-refractivity contribution in [2.24, 2.45) is 40.4 Å². The first-order chi connectivity index (χ1) is 13.7. The lowest BCUT2D eigenvalue weighted by molar-refractivity contribution is -0.124. The van der Waals surface area contributed by atoms with Gasteiger partial charge in [0.1, 0.15) is 5.78 Å². The number of fused-ring (bicyclic) bond motifs is 5. The predicted molar refractivity (Wildman–Crippen MR) is 115 cm³/mol. The van der Waals surface area contributed by atoms with Gasteiger partial charge in [-0.25, -0.2) is 0 Å². The highest BCUT2D eigenvalue weighted by atomic mass is 16.3. The van der Waals surface area contributed by atoms with Crippen molar-refractivity contribution in [3.8, 4) is 0 Å². The second-order valence-electron chi connectivity index (χ2n) is 11.3. The van der Waals surface area contributed by atoms with E-state index < -0.39 is 0 Å². The molecule has 3 saturated carbocycles. The lowest BCUT2D eigenvalue weighted by Gasteiger charge is -2.59. The monoisotopic (exact) mass is 400 g/mol. The van der Waals surface area contributed by atoms with Crippen LogP contribution < -0.4 is 0 Å². The number of aliphatic hydroxyl groups is 1. The molecule has 4 aliphatic carbocycles. The summed E-state index contributed by atoms with van der Waals surface area (Å²) in [6.45, 7) is 9.20. The maximum absolute atomic E-state index is 12.0. The van der Waals surface area contributed by atoms with Crippen LogP contribution in [0.2, 0.25) is 0 Å². The van der Waals surface area contributed by atoms with Crippen LogP contribution in [0.1, 0.15) is 91.9 Å². The van der Waals surface area contributed by atoms with Crippen LogP contribution in [0.5, 0.6) is 0 Å². The minimum Gasteiger partial charge on any atom is -0.392 e. The number of hydrogen-bond acceptors (Lipinski definition) is 3. The summed E-state index contributed by atoms with van der Waals surface area (Å²) in [7, 11) is 0. The Morgan fingerprint density at radius 3 is 2.69 bits per heavy atom. The highest BCUT2D eigenvalue weighted by Crippen LogP contribution is 2.67. The zero-order valence-corrected chi connectivity index (χ0v) is 18.9. The molecule has 0 unspecified atom stereocenters. The first-order valence-electron chi connectivity index (χ1n) is 12.1. The molecule has 0 heterocycles. The molecule has 162 valence electrons. The van der Waals surface area contributed by atoms with Gasteiger partial charge < -0.3 is 5.11 Å². The van der Waals surface area contributed by atoms with E-state index in [-0.39, 0.29) is 17.3 Å². The van der Waals surface area contributed by atoms with E-state index in [1.807, 2.05) is 13.0 Å². The topological polar surface area (TPSA) is 54.4 Å². The van der Waals surface area contributed by atoms with Gasteiger partial charge in [0, 0.05) is 19.3 Å².